The molecule has 3 aromatic carbocycles. The van der Waals surface area contributed by atoms with Crippen LogP contribution >= 0.6 is 11.6 Å². The topological polar surface area (TPSA) is 66.8 Å². The van der Waals surface area contributed by atoms with E-state index in [9.17, 15) is 19.1 Å². The van der Waals surface area contributed by atoms with Crippen LogP contribution in [0, 0.1) is 5.82 Å². The number of carbonyl (C=O) groups is 2. The van der Waals surface area contributed by atoms with Crippen molar-refractivity contribution in [3.63, 3.8) is 0 Å². The molecule has 0 spiro atoms. The van der Waals surface area contributed by atoms with Gasteiger partial charge in [-0.25, -0.2) is 4.39 Å². The first-order chi connectivity index (χ1) is 17.5. The van der Waals surface area contributed by atoms with Crippen LogP contribution < -0.4 is 9.64 Å². The Morgan fingerprint density at radius 2 is 1.76 bits per heavy atom. The van der Waals surface area contributed by atoms with Gasteiger partial charge in [-0.3, -0.25) is 14.5 Å². The fourth-order valence-electron chi connectivity index (χ4n) is 4.94. The average Bonchev–Trinajstić information content (AvgIpc) is 3.35. The smallest absolute Gasteiger partial charge is 0.300 e. The molecule has 7 heteroatoms. The van der Waals surface area contributed by atoms with E-state index in [0.29, 0.717) is 17.5 Å². The van der Waals surface area contributed by atoms with E-state index in [0.717, 1.165) is 22.9 Å². The van der Waals surface area contributed by atoms with Gasteiger partial charge in [-0.15, -0.1) is 0 Å². The standard InChI is InChI=1S/C30H27ClFNO4/c1-16-13-19-14-18(7-12-24(19)37-16)27(34)25-26(17-5-8-20(9-6-17)30(2,3)4)33(29(36)28(25)35)21-10-11-23(32)22(31)15-21/h5-12,14-16,26,34H,13H2,1-4H3/b27-25-. The summed E-state index contributed by atoms with van der Waals surface area (Å²) in [5, 5.41) is 11.3. The molecule has 0 bridgehead atoms. The van der Waals surface area contributed by atoms with Crippen LogP contribution in [0.25, 0.3) is 5.76 Å². The van der Waals surface area contributed by atoms with Crippen LogP contribution in [0.2, 0.25) is 5.02 Å². The SMILES string of the molecule is CC1Cc2cc(/C(O)=C3/C(=O)C(=O)N(c4ccc(F)c(Cl)c4)C3c3ccc(C(C)(C)C)cc3)ccc2O1. The van der Waals surface area contributed by atoms with Crippen molar-refractivity contribution in [1.29, 1.82) is 0 Å². The second-order valence-corrected chi connectivity index (χ2v) is 11.0. The number of ketones is 1. The molecule has 190 valence electrons. The molecule has 2 unspecified atom stereocenters. The molecule has 2 heterocycles. The summed E-state index contributed by atoms with van der Waals surface area (Å²) in [4.78, 5) is 28.0. The molecule has 2 aliphatic rings. The molecule has 1 saturated heterocycles. The maximum atomic E-state index is 13.9. The zero-order valence-corrected chi connectivity index (χ0v) is 21.8. The van der Waals surface area contributed by atoms with Crippen LogP contribution in [0.4, 0.5) is 10.1 Å². The molecule has 1 amide bonds. The van der Waals surface area contributed by atoms with Gasteiger partial charge < -0.3 is 9.84 Å². The minimum absolute atomic E-state index is 0.0162. The quantitative estimate of drug-likeness (QED) is 0.237. The number of amides is 1. The van der Waals surface area contributed by atoms with Gasteiger partial charge in [0.2, 0.25) is 0 Å². The monoisotopic (exact) mass is 519 g/mol. The molecule has 0 saturated carbocycles. The van der Waals surface area contributed by atoms with Crippen LogP contribution in [0.3, 0.4) is 0 Å². The largest absolute Gasteiger partial charge is 0.507 e. The van der Waals surface area contributed by atoms with Gasteiger partial charge in [0.25, 0.3) is 11.7 Å². The molecule has 5 nitrogen and oxygen atoms in total. The third kappa shape index (κ3) is 4.40. The summed E-state index contributed by atoms with van der Waals surface area (Å²) >= 11 is 6.03. The molecular formula is C30H27ClFNO4. The lowest BCUT2D eigenvalue weighted by Crippen LogP contribution is -2.29. The van der Waals surface area contributed by atoms with Crippen LogP contribution in [0.5, 0.6) is 5.75 Å². The molecule has 5 rings (SSSR count). The zero-order valence-electron chi connectivity index (χ0n) is 21.0. The Labute approximate surface area is 220 Å². The normalized spacial score (nSPS) is 20.8. The summed E-state index contributed by atoms with van der Waals surface area (Å²) in [7, 11) is 0. The number of rotatable bonds is 3. The molecule has 0 aliphatic carbocycles. The molecule has 0 radical (unpaired) electrons. The highest BCUT2D eigenvalue weighted by atomic mass is 35.5. The first kappa shape index (κ1) is 25.0. The number of aliphatic hydroxyl groups excluding tert-OH is 1. The Kier molecular flexibility index (Phi) is 6.11. The van der Waals surface area contributed by atoms with Crippen molar-refractivity contribution in [3.05, 3.63) is 99.3 Å². The number of hydrogen-bond donors (Lipinski definition) is 1. The first-order valence-corrected chi connectivity index (χ1v) is 12.5. The summed E-state index contributed by atoms with van der Waals surface area (Å²) in [6.45, 7) is 8.23. The molecule has 0 aromatic heterocycles. The second-order valence-electron chi connectivity index (χ2n) is 10.6. The van der Waals surface area contributed by atoms with Crippen molar-refractivity contribution in [3.8, 4) is 5.75 Å². The number of nitrogens with zero attached hydrogens (tertiary/aromatic N) is 1. The fourth-order valence-corrected chi connectivity index (χ4v) is 5.11. The Morgan fingerprint density at radius 3 is 2.41 bits per heavy atom. The van der Waals surface area contributed by atoms with Crippen molar-refractivity contribution >= 4 is 34.7 Å². The van der Waals surface area contributed by atoms with Gasteiger partial charge in [0.05, 0.1) is 16.6 Å². The number of Topliss-reactive ketones (excluding diaryl/α,β-unsaturated/α-hetero) is 1. The molecule has 3 aromatic rings. The lowest BCUT2D eigenvalue weighted by atomic mass is 9.85. The number of benzene rings is 3. The number of hydrogen-bond acceptors (Lipinski definition) is 4. The molecule has 2 atom stereocenters. The molecule has 1 N–H and O–H groups in total. The second kappa shape index (κ2) is 9.03. The van der Waals surface area contributed by atoms with Crippen molar-refractivity contribution in [2.75, 3.05) is 4.90 Å². The van der Waals surface area contributed by atoms with Gasteiger partial charge in [0.15, 0.2) is 0 Å². The van der Waals surface area contributed by atoms with Crippen LogP contribution in [0.15, 0.2) is 66.2 Å². The Morgan fingerprint density at radius 1 is 1.05 bits per heavy atom. The Balaban J connectivity index is 1.69. The van der Waals surface area contributed by atoms with Crippen LogP contribution in [-0.4, -0.2) is 22.9 Å². The van der Waals surface area contributed by atoms with E-state index in [-0.39, 0.29) is 33.6 Å². The minimum atomic E-state index is -0.932. The van der Waals surface area contributed by atoms with Crippen LogP contribution in [0.1, 0.15) is 56.0 Å². The van der Waals surface area contributed by atoms with Gasteiger partial charge in [-0.2, -0.15) is 0 Å². The van der Waals surface area contributed by atoms with Gasteiger partial charge >= 0.3 is 0 Å². The van der Waals surface area contributed by atoms with Gasteiger partial charge in [-0.05, 0) is 65.4 Å². The maximum absolute atomic E-state index is 13.9. The summed E-state index contributed by atoms with van der Waals surface area (Å²) < 4.78 is 19.7. The number of ether oxygens (including phenoxy) is 1. The lowest BCUT2D eigenvalue weighted by molar-refractivity contribution is -0.132. The average molecular weight is 520 g/mol. The number of aliphatic hydroxyl groups is 1. The number of anilines is 1. The number of fused-ring (bicyclic) bond motifs is 1. The van der Waals surface area contributed by atoms with E-state index in [4.69, 9.17) is 16.3 Å². The van der Waals surface area contributed by atoms with Gasteiger partial charge in [0.1, 0.15) is 23.4 Å². The van der Waals surface area contributed by atoms with E-state index >= 15 is 0 Å². The summed E-state index contributed by atoms with van der Waals surface area (Å²) in [5.41, 5.74) is 3.16. The third-order valence-electron chi connectivity index (χ3n) is 6.89. The minimum Gasteiger partial charge on any atom is -0.507 e. The van der Waals surface area contributed by atoms with Crippen LogP contribution in [-0.2, 0) is 21.4 Å². The van der Waals surface area contributed by atoms with Crippen molar-refractivity contribution in [2.45, 2.75) is 51.7 Å². The summed E-state index contributed by atoms with van der Waals surface area (Å²) in [5.74, 6) is -1.83. The maximum Gasteiger partial charge on any atom is 0.300 e. The van der Waals surface area contributed by atoms with E-state index in [1.807, 2.05) is 31.2 Å². The lowest BCUT2D eigenvalue weighted by Gasteiger charge is -2.27. The summed E-state index contributed by atoms with van der Waals surface area (Å²) in [6, 6.07) is 15.7. The Hall–Kier alpha value is -3.64. The third-order valence-corrected chi connectivity index (χ3v) is 7.18. The first-order valence-electron chi connectivity index (χ1n) is 12.1. The molecule has 37 heavy (non-hydrogen) atoms. The van der Waals surface area contributed by atoms with Gasteiger partial charge in [0, 0.05) is 17.7 Å². The number of halogens is 2. The fraction of sp³-hybridized carbons (Fsp3) is 0.267. The highest BCUT2D eigenvalue weighted by Crippen LogP contribution is 2.44. The van der Waals surface area contributed by atoms with Crippen molar-refractivity contribution in [2.24, 2.45) is 0 Å². The van der Waals surface area contributed by atoms with E-state index in [2.05, 4.69) is 20.8 Å². The van der Waals surface area contributed by atoms with E-state index < -0.39 is 23.5 Å². The molecular weight excluding hydrogens is 493 g/mol. The zero-order chi connectivity index (χ0) is 26.6. The summed E-state index contributed by atoms with van der Waals surface area (Å²) in [6.07, 6.45) is 0.693. The predicted molar refractivity (Wildman–Crippen MR) is 142 cm³/mol. The van der Waals surface area contributed by atoms with Crippen molar-refractivity contribution in [1.82, 2.24) is 0 Å². The van der Waals surface area contributed by atoms with E-state index in [1.165, 1.54) is 17.0 Å². The van der Waals surface area contributed by atoms with Gasteiger partial charge in [-0.1, -0.05) is 56.6 Å². The van der Waals surface area contributed by atoms with E-state index in [1.54, 1.807) is 18.2 Å². The van der Waals surface area contributed by atoms with Crippen molar-refractivity contribution < 1.29 is 23.8 Å². The number of carbonyl (C=O) groups excluding carboxylic acids is 2. The highest BCUT2D eigenvalue weighted by molar-refractivity contribution is 6.51. The Bertz CT molecular complexity index is 1460. The molecule has 2 aliphatic heterocycles. The highest BCUT2D eigenvalue weighted by Gasteiger charge is 2.47. The molecule has 1 fully saturated rings. The predicted octanol–water partition coefficient (Wildman–Crippen LogP) is 6.73.